The lowest BCUT2D eigenvalue weighted by Crippen LogP contribution is -2.16. The van der Waals surface area contributed by atoms with Crippen LogP contribution in [0.5, 0.6) is 0 Å². The molecule has 0 radical (unpaired) electrons. The monoisotopic (exact) mass is 356 g/mol. The van der Waals surface area contributed by atoms with E-state index in [0.29, 0.717) is 0 Å². The lowest BCUT2D eigenvalue weighted by Gasteiger charge is -2.24. The molecule has 0 saturated carbocycles. The van der Waals surface area contributed by atoms with E-state index >= 15 is 0 Å². The molecular weight excluding hydrogens is 344 g/mol. The molecule has 0 aromatic heterocycles. The van der Waals surface area contributed by atoms with Gasteiger partial charge in [-0.25, -0.2) is 0 Å². The van der Waals surface area contributed by atoms with E-state index in [1.54, 1.807) is 0 Å². The number of hydrogen-bond acceptors (Lipinski definition) is 0. The van der Waals surface area contributed by atoms with E-state index in [1.165, 1.54) is 33.0 Å². The van der Waals surface area contributed by atoms with Crippen LogP contribution in [-0.4, -0.2) is 0 Å². The molecule has 0 saturated heterocycles. The Morgan fingerprint density at radius 3 is 2.48 bits per heavy atom. The summed E-state index contributed by atoms with van der Waals surface area (Å²) in [5.74, 6) is 0. The molecule has 0 fully saturated rings. The summed E-state index contributed by atoms with van der Waals surface area (Å²) in [5.41, 5.74) is 5.05. The average molecular weight is 358 g/mol. The molecule has 0 spiro atoms. The van der Waals surface area contributed by atoms with Gasteiger partial charge in [0.25, 0.3) is 0 Å². The maximum atomic E-state index is 6.53. The maximum absolute atomic E-state index is 6.53. The minimum atomic E-state index is -0.0603. The molecule has 3 aromatic carbocycles. The highest BCUT2D eigenvalue weighted by Gasteiger charge is 2.39. The molecule has 0 nitrogen and oxygen atoms in total. The van der Waals surface area contributed by atoms with Gasteiger partial charge in [0.2, 0.25) is 0 Å². The van der Waals surface area contributed by atoms with Crippen molar-refractivity contribution in [1.82, 2.24) is 0 Å². The molecular formula is C19H14BrCl. The summed E-state index contributed by atoms with van der Waals surface area (Å²) in [6.45, 7) is 4.57. The predicted molar refractivity (Wildman–Crippen MR) is 94.2 cm³/mol. The molecule has 0 unspecified atom stereocenters. The van der Waals surface area contributed by atoms with E-state index < -0.39 is 0 Å². The van der Waals surface area contributed by atoms with E-state index in [0.717, 1.165) is 9.50 Å². The second kappa shape index (κ2) is 4.34. The second-order valence-electron chi connectivity index (χ2n) is 6.11. The smallest absolute Gasteiger partial charge is 0.0488 e. The fourth-order valence-electron chi connectivity index (χ4n) is 3.70. The van der Waals surface area contributed by atoms with Gasteiger partial charge < -0.3 is 0 Å². The SMILES string of the molecule is CC1(C)c2c(Br)ccc(Cl)c2-c2ccc3ccccc3c21. The van der Waals surface area contributed by atoms with Crippen LogP contribution in [0, 0.1) is 0 Å². The Morgan fingerprint density at radius 1 is 0.905 bits per heavy atom. The molecule has 3 aromatic rings. The first-order valence-electron chi connectivity index (χ1n) is 7.03. The quantitative estimate of drug-likeness (QED) is 0.427. The summed E-state index contributed by atoms with van der Waals surface area (Å²) in [5, 5.41) is 3.43. The molecule has 1 aliphatic rings. The minimum absolute atomic E-state index is 0.0603. The first-order valence-corrected chi connectivity index (χ1v) is 8.20. The summed E-state index contributed by atoms with van der Waals surface area (Å²) in [6.07, 6.45) is 0. The molecule has 0 atom stereocenters. The van der Waals surface area contributed by atoms with Crippen molar-refractivity contribution in [1.29, 1.82) is 0 Å². The summed E-state index contributed by atoms with van der Waals surface area (Å²) in [7, 11) is 0. The van der Waals surface area contributed by atoms with Gasteiger partial charge in [0.1, 0.15) is 0 Å². The molecule has 104 valence electrons. The van der Waals surface area contributed by atoms with E-state index in [4.69, 9.17) is 11.6 Å². The summed E-state index contributed by atoms with van der Waals surface area (Å²) in [6, 6.07) is 17.0. The van der Waals surface area contributed by atoms with Gasteiger partial charge in [-0.15, -0.1) is 0 Å². The third-order valence-electron chi connectivity index (χ3n) is 4.55. The predicted octanol–water partition coefficient (Wildman–Crippen LogP) is 6.56. The Balaban J connectivity index is 2.23. The Kier molecular flexibility index (Phi) is 2.76. The maximum Gasteiger partial charge on any atom is 0.0488 e. The Hall–Kier alpha value is -1.31. The summed E-state index contributed by atoms with van der Waals surface area (Å²) >= 11 is 10.2. The standard InChI is InChI=1S/C19H14BrCl/c1-19(2)17-12-6-4-3-5-11(12)7-8-13(17)16-15(21)10-9-14(20)18(16)19/h3-10H,1-2H3. The van der Waals surface area contributed by atoms with Gasteiger partial charge in [0, 0.05) is 20.5 Å². The average Bonchev–Trinajstić information content (AvgIpc) is 2.72. The largest absolute Gasteiger partial charge is 0.0837 e. The zero-order valence-electron chi connectivity index (χ0n) is 11.9. The van der Waals surface area contributed by atoms with Crippen molar-refractivity contribution in [3.8, 4) is 11.1 Å². The van der Waals surface area contributed by atoms with Crippen molar-refractivity contribution in [2.24, 2.45) is 0 Å². The van der Waals surface area contributed by atoms with Crippen molar-refractivity contribution in [2.75, 3.05) is 0 Å². The highest BCUT2D eigenvalue weighted by atomic mass is 79.9. The molecule has 1 aliphatic carbocycles. The molecule has 4 rings (SSSR count). The van der Waals surface area contributed by atoms with Crippen molar-refractivity contribution in [2.45, 2.75) is 19.3 Å². The molecule has 0 aliphatic heterocycles. The lowest BCUT2D eigenvalue weighted by molar-refractivity contribution is 0.663. The molecule has 21 heavy (non-hydrogen) atoms. The van der Waals surface area contributed by atoms with Crippen LogP contribution in [0.4, 0.5) is 0 Å². The van der Waals surface area contributed by atoms with Crippen LogP contribution >= 0.6 is 27.5 Å². The van der Waals surface area contributed by atoms with Crippen LogP contribution in [-0.2, 0) is 5.41 Å². The molecule has 0 N–H and O–H groups in total. The fourth-order valence-corrected chi connectivity index (χ4v) is 4.79. The number of hydrogen-bond donors (Lipinski definition) is 0. The molecule has 0 heterocycles. The minimum Gasteiger partial charge on any atom is -0.0837 e. The third-order valence-corrected chi connectivity index (χ3v) is 5.53. The van der Waals surface area contributed by atoms with Crippen LogP contribution in [0.15, 0.2) is 53.0 Å². The van der Waals surface area contributed by atoms with Gasteiger partial charge in [-0.3, -0.25) is 0 Å². The van der Waals surface area contributed by atoms with E-state index in [2.05, 4.69) is 72.2 Å². The Labute approximate surface area is 137 Å². The Bertz CT molecular complexity index is 893. The highest BCUT2D eigenvalue weighted by Crippen LogP contribution is 2.55. The van der Waals surface area contributed by atoms with Gasteiger partial charge >= 0.3 is 0 Å². The molecule has 0 amide bonds. The van der Waals surface area contributed by atoms with Gasteiger partial charge in [0.05, 0.1) is 0 Å². The van der Waals surface area contributed by atoms with Gasteiger partial charge in [-0.1, -0.05) is 77.8 Å². The zero-order valence-corrected chi connectivity index (χ0v) is 14.2. The number of rotatable bonds is 0. The zero-order chi connectivity index (χ0) is 14.8. The van der Waals surface area contributed by atoms with Crippen LogP contribution in [0.1, 0.15) is 25.0 Å². The van der Waals surface area contributed by atoms with Crippen molar-refractivity contribution >= 4 is 38.3 Å². The molecule has 2 heteroatoms. The highest BCUT2D eigenvalue weighted by molar-refractivity contribution is 9.10. The van der Waals surface area contributed by atoms with Gasteiger partial charge in [-0.2, -0.15) is 0 Å². The van der Waals surface area contributed by atoms with Gasteiger partial charge in [0.15, 0.2) is 0 Å². The second-order valence-corrected chi connectivity index (χ2v) is 7.38. The first kappa shape index (κ1) is 13.4. The van der Waals surface area contributed by atoms with Crippen LogP contribution < -0.4 is 0 Å². The van der Waals surface area contributed by atoms with Crippen molar-refractivity contribution < 1.29 is 0 Å². The van der Waals surface area contributed by atoms with Crippen LogP contribution in [0.25, 0.3) is 21.9 Å². The van der Waals surface area contributed by atoms with Crippen molar-refractivity contribution in [3.63, 3.8) is 0 Å². The first-order chi connectivity index (χ1) is 10.0. The van der Waals surface area contributed by atoms with E-state index in [9.17, 15) is 0 Å². The topological polar surface area (TPSA) is 0 Å². The molecule has 0 bridgehead atoms. The normalized spacial score (nSPS) is 15.0. The number of halogens is 2. The van der Waals surface area contributed by atoms with E-state index in [1.807, 2.05) is 6.07 Å². The Morgan fingerprint density at radius 2 is 1.67 bits per heavy atom. The van der Waals surface area contributed by atoms with Gasteiger partial charge in [-0.05, 0) is 39.6 Å². The van der Waals surface area contributed by atoms with Crippen molar-refractivity contribution in [3.05, 3.63) is 69.2 Å². The third kappa shape index (κ3) is 1.68. The number of benzene rings is 3. The summed E-state index contributed by atoms with van der Waals surface area (Å²) < 4.78 is 1.13. The van der Waals surface area contributed by atoms with Crippen LogP contribution in [0.2, 0.25) is 5.02 Å². The summed E-state index contributed by atoms with van der Waals surface area (Å²) in [4.78, 5) is 0. The lowest BCUT2D eigenvalue weighted by atomic mass is 9.80. The number of fused-ring (bicyclic) bond motifs is 5. The fraction of sp³-hybridized carbons (Fsp3) is 0.158. The van der Waals surface area contributed by atoms with Crippen LogP contribution in [0.3, 0.4) is 0 Å². The van der Waals surface area contributed by atoms with E-state index in [-0.39, 0.29) is 5.41 Å².